The van der Waals surface area contributed by atoms with Gasteiger partial charge in [0.15, 0.2) is 0 Å². The van der Waals surface area contributed by atoms with E-state index in [2.05, 4.69) is 80.4 Å². The number of aromatic nitrogens is 2. The molecule has 0 aliphatic carbocycles. The molecule has 6 heterocycles. The Hall–Kier alpha value is -10.5. The molecule has 4 aliphatic rings. The number of carbonyl (C=O) groups is 13. The Bertz CT molecular complexity index is 5480. The Kier molecular flexibility index (Phi) is 38.1. The Morgan fingerprint density at radius 1 is 0.748 bits per heavy atom. The van der Waals surface area contributed by atoms with Gasteiger partial charge in [-0.3, -0.25) is 52.7 Å². The number of alkyl carbamates (subject to hydrolysis) is 1. The van der Waals surface area contributed by atoms with Gasteiger partial charge < -0.3 is 108 Å². The van der Waals surface area contributed by atoms with Gasteiger partial charge in [0.05, 0.1) is 25.3 Å². The molecule has 11 rings (SSSR count). The van der Waals surface area contributed by atoms with Crippen molar-refractivity contribution in [3.8, 4) is 11.5 Å². The van der Waals surface area contributed by atoms with Crippen LogP contribution in [0.1, 0.15) is 114 Å². The highest BCUT2D eigenvalue weighted by molar-refractivity contribution is 14.1. The number of para-hydroxylation sites is 2. The van der Waals surface area contributed by atoms with E-state index in [0.717, 1.165) is 43.6 Å². The van der Waals surface area contributed by atoms with Crippen LogP contribution in [0.15, 0.2) is 151 Å². The molecule has 3 fully saturated rings. The minimum absolute atomic E-state index is 0.0206. The number of aromatic hydroxyl groups is 1. The first kappa shape index (κ1) is 105. The normalized spacial score (nSPS) is 24.8. The van der Waals surface area contributed by atoms with Gasteiger partial charge >= 0.3 is 12.1 Å². The molecule has 2 aromatic heterocycles. The number of nitrogens with one attached hydrogen (secondary N) is 11. The Morgan fingerprint density at radius 3 is 2.04 bits per heavy atom. The smallest absolute Gasteiger partial charge is 0.408 e. The number of hydrogen-bond acceptors (Lipinski definition) is 24. The Balaban J connectivity index is 0.801. The maximum Gasteiger partial charge on any atom is 0.408 e. The highest BCUT2D eigenvalue weighted by atomic mass is 127. The molecule has 4 bridgehead atoms. The van der Waals surface area contributed by atoms with Crippen LogP contribution in [-0.2, 0) is 109 Å². The molecule has 0 saturated carbocycles. The van der Waals surface area contributed by atoms with Crippen LogP contribution in [-0.4, -0.2) is 243 Å². The highest BCUT2D eigenvalue weighted by Crippen LogP contribution is 2.50. The summed E-state index contributed by atoms with van der Waals surface area (Å²) in [5.41, 5.74) is 16.5. The van der Waals surface area contributed by atoms with Gasteiger partial charge in [-0.2, -0.15) is 0 Å². The number of carbonyl (C=O) groups excluding carboxylic acids is 13. The second-order valence-corrected chi connectivity index (χ2v) is 42.2. The van der Waals surface area contributed by atoms with E-state index >= 15 is 19.2 Å². The number of anilines is 1. The van der Waals surface area contributed by atoms with Crippen LogP contribution in [0.5, 0.6) is 11.5 Å². The van der Waals surface area contributed by atoms with Crippen LogP contribution in [0, 0.1) is 11.8 Å². The maximum atomic E-state index is 15.5. The molecule has 12 amide bonds. The zero-order valence-electron chi connectivity index (χ0n) is 76.8. The molecule has 7 aromatic rings. The number of amides is 12. The Labute approximate surface area is 818 Å². The first-order chi connectivity index (χ1) is 64.5. The van der Waals surface area contributed by atoms with Crippen molar-refractivity contribution >= 4 is 182 Å². The number of methoxy groups -OCH3 is 2. The fourth-order valence-corrected chi connectivity index (χ4v) is 22.1. The van der Waals surface area contributed by atoms with Crippen LogP contribution >= 0.6 is 77.4 Å². The van der Waals surface area contributed by atoms with E-state index in [1.165, 1.54) is 76.7 Å². The summed E-state index contributed by atoms with van der Waals surface area (Å²) in [6.07, 6.45) is 5.39. The zero-order valence-corrected chi connectivity index (χ0v) is 83.0. The summed E-state index contributed by atoms with van der Waals surface area (Å²) in [7, 11) is 10.6. The standard InChI is InChI=1S/C95H119ClIN15O19S4/c1-52(2)82-91(124)108-72(89(122)104-67(84(99)117)44-59-48-100-64-26-16-14-24-62(59)64)51-135-134-50-71(90(123)105-69(41-57-30-32-61(113)33-31-57)87(120)106-70(45-60-49-101-65-27-17-15-25-63(60)65)88(121)103-66(85(118)109-82)28-18-19-36-98)107-86(119)68(40-56-22-12-11-13-23-56)102-78(114)34-37-132-133-38-35-79(115)111(7)55(5)92(125)130-77-46-80(116)112(8)73-42-58(43-74(127-9)81(73)96)39-53(3)21-20-29-76(128-10)95(97)47-75(129-93(126)110-95)54(4)83-94(77,6)131-83/h11-17,20-27,29-33,42-43,48-49,52,54-55,66-72,75-77,82-83,100-101,113H,18-19,28,34-41,44-47,50-51,98H2,1-10H3,(H2,99,117)(H,102,114)(H,103,121)(H,104,122)(H,105,123)(H,106,120)(H,107,119)(H,108,124)(H,109,118)(H,110,126)/b29-20+,53-21+/t54-,55+,66+,67+,68-,69+,70-,71+,72+,75+,76-,77+,82+,83+,94+,95?/m1/s1. The predicted molar refractivity (Wildman–Crippen MR) is 530 cm³/mol. The van der Waals surface area contributed by atoms with Gasteiger partial charge in [0, 0.05) is 129 Å². The lowest BCUT2D eigenvalue weighted by molar-refractivity contribution is -0.162. The number of halogens is 2. The van der Waals surface area contributed by atoms with Crippen molar-refractivity contribution in [1.29, 1.82) is 0 Å². The average Bonchev–Trinajstić information content (AvgIpc) is 1.57. The molecular formula is C95H119ClIN15O19S4. The molecule has 0 spiro atoms. The maximum absolute atomic E-state index is 15.5. The number of phenolic OH excluding ortho intramolecular Hbond substituents is 1. The number of nitrogens with two attached hydrogens (primary N) is 2. The fraction of sp³-hybridized carbons (Fsp3) is 0.463. The van der Waals surface area contributed by atoms with Crippen LogP contribution < -0.4 is 69.0 Å². The molecule has 34 nitrogen and oxygen atoms in total. The number of alkyl halides is 1. The number of primary amides is 1. The number of H-pyrrole nitrogens is 2. The topological polar surface area (TPSA) is 490 Å². The molecule has 726 valence electrons. The van der Waals surface area contributed by atoms with Crippen LogP contribution in [0.2, 0.25) is 5.02 Å². The number of unbranched alkanes of at least 4 members (excludes halogenated alkanes) is 1. The van der Waals surface area contributed by atoms with Gasteiger partial charge in [-0.15, -0.1) is 0 Å². The molecule has 5 aromatic carbocycles. The number of fused-ring (bicyclic) bond motifs is 7. The number of allylic oxidation sites excluding steroid dienone is 3. The number of aromatic amines is 2. The van der Waals surface area contributed by atoms with Gasteiger partial charge in [0.25, 0.3) is 0 Å². The quantitative estimate of drug-likeness (QED) is 0.00369. The minimum atomic E-state index is -1.58. The van der Waals surface area contributed by atoms with Crippen molar-refractivity contribution < 1.29 is 91.1 Å². The van der Waals surface area contributed by atoms with Crippen molar-refractivity contribution in [2.24, 2.45) is 23.3 Å². The Morgan fingerprint density at radius 2 is 1.38 bits per heavy atom. The van der Waals surface area contributed by atoms with Gasteiger partial charge in [0.2, 0.25) is 65.0 Å². The van der Waals surface area contributed by atoms with E-state index in [1.54, 1.807) is 95.9 Å². The summed E-state index contributed by atoms with van der Waals surface area (Å²) in [5.74, 6) is -10.3. The van der Waals surface area contributed by atoms with Gasteiger partial charge in [0.1, 0.15) is 98.4 Å². The van der Waals surface area contributed by atoms with E-state index < -0.39 is 183 Å². The van der Waals surface area contributed by atoms with E-state index in [4.69, 9.17) is 46.8 Å². The minimum Gasteiger partial charge on any atom is -0.508 e. The molecule has 0 radical (unpaired) electrons. The molecule has 135 heavy (non-hydrogen) atoms. The molecule has 40 heteroatoms. The number of hydrogen-bond donors (Lipinski definition) is 14. The summed E-state index contributed by atoms with van der Waals surface area (Å²) in [6.45, 7) is 10.6. The van der Waals surface area contributed by atoms with Crippen molar-refractivity contribution in [3.05, 3.63) is 184 Å². The monoisotopic (exact) mass is 2060 g/mol. The second-order valence-electron chi connectivity index (χ2n) is 34.6. The lowest BCUT2D eigenvalue weighted by Crippen LogP contribution is -2.62. The van der Waals surface area contributed by atoms with Gasteiger partial charge in [-0.05, 0) is 123 Å². The summed E-state index contributed by atoms with van der Waals surface area (Å²) in [5, 5.41) is 37.7. The molecule has 16 atom stereocenters. The van der Waals surface area contributed by atoms with E-state index in [1.807, 2.05) is 74.5 Å². The van der Waals surface area contributed by atoms with Crippen molar-refractivity contribution in [1.82, 2.24) is 62.7 Å². The number of nitrogens with zero attached hydrogens (tertiary/aromatic N) is 2. The number of esters is 1. The lowest BCUT2D eigenvalue weighted by Gasteiger charge is -2.42. The summed E-state index contributed by atoms with van der Waals surface area (Å²) in [6, 6.07) is 20.1. The van der Waals surface area contributed by atoms with E-state index in [-0.39, 0.29) is 91.7 Å². The number of ether oxygens (including phenoxy) is 5. The first-order valence-corrected chi connectivity index (χ1v) is 51.0. The number of phenols is 1. The molecule has 3 saturated heterocycles. The van der Waals surface area contributed by atoms with Gasteiger partial charge in [-0.1, -0.05) is 201 Å². The largest absolute Gasteiger partial charge is 0.508 e. The fourth-order valence-electron chi connectivity index (χ4n) is 16.4. The summed E-state index contributed by atoms with van der Waals surface area (Å²) >= 11 is 9.11. The first-order valence-electron chi connectivity index (χ1n) is 44.6. The van der Waals surface area contributed by atoms with E-state index in [9.17, 15) is 48.3 Å². The second kappa shape index (κ2) is 49.0. The van der Waals surface area contributed by atoms with E-state index in [0.29, 0.717) is 63.9 Å². The molecular weight excluding hydrogens is 1950 g/mol. The molecule has 4 aliphatic heterocycles. The zero-order chi connectivity index (χ0) is 97.5. The third-order valence-corrected chi connectivity index (χ3v) is 31.0. The number of likely N-dealkylation sites (N-methyl/N-ethyl adjacent to an activating group) is 1. The summed E-state index contributed by atoms with van der Waals surface area (Å²) in [4.78, 5) is 200. The van der Waals surface area contributed by atoms with Crippen LogP contribution in [0.3, 0.4) is 0 Å². The summed E-state index contributed by atoms with van der Waals surface area (Å²) < 4.78 is 29.4. The average molecular weight is 2070 g/mol. The SMILES string of the molecule is COc1cc2cc(c1Cl)N(C)C(=O)C[C@H](OC(=O)[C@H](C)N(C)C(=O)CCSSCCC(=O)N[C@H](Cc1ccccc1)C(=O)N[C@H]1CSSC[C@@H](C(=O)N[C@@H](Cc3c[nH]c4ccccc34)C(N)=O)NC(=O)[C@H](C(C)C)NC(=O)[C@H](CCCCN)NC(=O)[C@@H](Cc3c[nH]c4ccccc34)NC(=O)[C@H](Cc3ccc(O)cc3)NC1=O)[C@]1(C)O[C@H]1[C@H](C)[C@@H]1CC(I)(NC(=O)O1)[C@H](OC)/C=C/C=C(\C)C2. The van der Waals surface area contributed by atoms with Crippen molar-refractivity contribution in [2.45, 2.75) is 207 Å². The number of epoxide rings is 1. The number of benzene rings is 5. The van der Waals surface area contributed by atoms with Crippen molar-refractivity contribution in [2.75, 3.05) is 62.8 Å². The lowest BCUT2D eigenvalue weighted by atomic mass is 9.84. The highest BCUT2D eigenvalue weighted by Gasteiger charge is 2.65. The van der Waals surface area contributed by atoms with Crippen LogP contribution in [0.25, 0.3) is 21.8 Å². The van der Waals surface area contributed by atoms with Crippen molar-refractivity contribution in [3.63, 3.8) is 0 Å². The molecule has 1 unspecified atom stereocenters. The third-order valence-electron chi connectivity index (χ3n) is 24.5. The predicted octanol–water partition coefficient (Wildman–Crippen LogP) is 8.30. The molecule has 16 N–H and O–H groups in total. The van der Waals surface area contributed by atoms with Crippen LogP contribution in [0.4, 0.5) is 10.5 Å². The number of rotatable bonds is 31. The van der Waals surface area contributed by atoms with Gasteiger partial charge in [-0.25, -0.2) is 9.59 Å². The third kappa shape index (κ3) is 28.4.